The second kappa shape index (κ2) is 9.64. The van der Waals surface area contributed by atoms with Gasteiger partial charge in [0.25, 0.3) is 5.56 Å². The van der Waals surface area contributed by atoms with Crippen molar-refractivity contribution in [3.63, 3.8) is 0 Å². The highest BCUT2D eigenvalue weighted by Gasteiger charge is 2.28. The van der Waals surface area contributed by atoms with Crippen molar-refractivity contribution in [2.75, 3.05) is 5.32 Å². The number of rotatable bonds is 5. The minimum atomic E-state index is -0.410. The van der Waals surface area contributed by atoms with Crippen molar-refractivity contribution in [2.45, 2.75) is 49.6 Å². The van der Waals surface area contributed by atoms with Crippen LogP contribution in [-0.4, -0.2) is 30.5 Å². The highest BCUT2D eigenvalue weighted by atomic mass is 35.5. The number of fused-ring (bicyclic) bond motifs is 3. The van der Waals surface area contributed by atoms with E-state index in [-0.39, 0.29) is 11.5 Å². The predicted molar refractivity (Wildman–Crippen MR) is 135 cm³/mol. The van der Waals surface area contributed by atoms with Gasteiger partial charge in [-0.05, 0) is 56.5 Å². The number of anilines is 1. The van der Waals surface area contributed by atoms with Crippen molar-refractivity contribution < 1.29 is 4.79 Å². The lowest BCUT2D eigenvalue weighted by Gasteiger charge is -2.19. The van der Waals surface area contributed by atoms with Gasteiger partial charge in [0, 0.05) is 22.9 Å². The molecule has 1 amide bonds. The number of halogens is 1. The second-order valence-corrected chi connectivity index (χ2v) is 10.1. The molecule has 2 aromatic carbocycles. The monoisotopic (exact) mass is 493 g/mol. The summed E-state index contributed by atoms with van der Waals surface area (Å²) in [5.74, 6) is 0.281. The molecule has 2 aromatic rings. The Labute approximate surface area is 206 Å². The summed E-state index contributed by atoms with van der Waals surface area (Å²) in [5, 5.41) is 8.34. The van der Waals surface area contributed by atoms with E-state index < -0.39 is 5.25 Å². The van der Waals surface area contributed by atoms with Crippen LogP contribution in [0.2, 0.25) is 5.02 Å². The summed E-state index contributed by atoms with van der Waals surface area (Å²) in [6.45, 7) is 2.61. The van der Waals surface area contributed by atoms with Gasteiger partial charge in [-0.3, -0.25) is 9.59 Å². The summed E-state index contributed by atoms with van der Waals surface area (Å²) >= 11 is 7.42. The van der Waals surface area contributed by atoms with Crippen molar-refractivity contribution in [1.82, 2.24) is 19.3 Å². The normalized spacial score (nSPS) is 14.4. The number of nitrogens with one attached hydrogen (secondary N) is 1. The molecule has 7 nitrogen and oxygen atoms in total. The van der Waals surface area contributed by atoms with Gasteiger partial charge in [-0.1, -0.05) is 54.0 Å². The van der Waals surface area contributed by atoms with Crippen LogP contribution >= 0.6 is 23.4 Å². The molecule has 0 unspecified atom stereocenters. The van der Waals surface area contributed by atoms with E-state index in [1.54, 1.807) is 24.3 Å². The zero-order valence-electron chi connectivity index (χ0n) is 18.7. The minimum absolute atomic E-state index is 0.142. The lowest BCUT2D eigenvalue weighted by Crippen LogP contribution is -2.24. The van der Waals surface area contributed by atoms with Crippen LogP contribution in [-0.2, 0) is 17.8 Å². The van der Waals surface area contributed by atoms with Crippen LogP contribution in [0, 0.1) is 0 Å². The van der Waals surface area contributed by atoms with E-state index in [1.165, 1.54) is 16.4 Å². The van der Waals surface area contributed by atoms with E-state index in [0.717, 1.165) is 37.9 Å². The first kappa shape index (κ1) is 22.7. The fourth-order valence-corrected chi connectivity index (χ4v) is 5.35. The van der Waals surface area contributed by atoms with Gasteiger partial charge in [0.05, 0.1) is 10.9 Å². The van der Waals surface area contributed by atoms with Crippen molar-refractivity contribution in [2.24, 2.45) is 0 Å². The van der Waals surface area contributed by atoms with Crippen LogP contribution in [0.5, 0.6) is 0 Å². The van der Waals surface area contributed by atoms with Crippen molar-refractivity contribution >= 4 is 35.0 Å². The first-order valence-corrected chi connectivity index (χ1v) is 12.6. The molecule has 174 valence electrons. The molecule has 0 fully saturated rings. The predicted octanol–water partition coefficient (Wildman–Crippen LogP) is 5.03. The SMILES string of the molecule is C[C@@H](Sc1nc2nn(-c3ccccc3)c(=O)c-2c2n1CCCCC2)C(=O)Nc1cccc(Cl)c1. The Balaban J connectivity index is 1.52. The van der Waals surface area contributed by atoms with Gasteiger partial charge < -0.3 is 9.88 Å². The lowest BCUT2D eigenvalue weighted by molar-refractivity contribution is -0.115. The zero-order chi connectivity index (χ0) is 23.7. The van der Waals surface area contributed by atoms with Crippen LogP contribution in [0.1, 0.15) is 31.9 Å². The zero-order valence-corrected chi connectivity index (χ0v) is 20.3. The highest BCUT2D eigenvalue weighted by Crippen LogP contribution is 2.32. The summed E-state index contributed by atoms with van der Waals surface area (Å²) in [4.78, 5) is 31.0. The van der Waals surface area contributed by atoms with E-state index in [9.17, 15) is 9.59 Å². The standard InChI is InChI=1S/C25H24ClN5O2S/c1-16(23(32)27-18-10-8-9-17(26)15-18)34-25-28-22-21(20-13-6-3-7-14-30(20)25)24(33)31(29-22)19-11-4-2-5-12-19/h2,4-5,8-12,15-16H,3,6-7,13-14H2,1H3,(H,27,32)/t16-/m1/s1. The Kier molecular flexibility index (Phi) is 6.43. The van der Waals surface area contributed by atoms with Gasteiger partial charge in [0.15, 0.2) is 11.0 Å². The third kappa shape index (κ3) is 4.48. The molecule has 0 aliphatic carbocycles. The number of carbonyl (C=O) groups excluding carboxylic acids is 1. The van der Waals surface area contributed by atoms with Gasteiger partial charge in [-0.15, -0.1) is 5.10 Å². The molecule has 3 aliphatic heterocycles. The number of para-hydroxylation sites is 1. The summed E-state index contributed by atoms with van der Waals surface area (Å²) in [5.41, 5.74) is 2.74. The summed E-state index contributed by atoms with van der Waals surface area (Å²) in [6.07, 6.45) is 3.87. The van der Waals surface area contributed by atoms with Gasteiger partial charge in [-0.2, -0.15) is 4.68 Å². The molecule has 0 radical (unpaired) electrons. The Morgan fingerprint density at radius 2 is 1.94 bits per heavy atom. The molecule has 1 N–H and O–H groups in total. The average Bonchev–Trinajstić information content (AvgIpc) is 2.99. The van der Waals surface area contributed by atoms with E-state index >= 15 is 0 Å². The van der Waals surface area contributed by atoms with Gasteiger partial charge in [0.2, 0.25) is 5.91 Å². The van der Waals surface area contributed by atoms with Crippen LogP contribution in [0.15, 0.2) is 64.5 Å². The number of thioether (sulfide) groups is 1. The Bertz CT molecular complexity index is 1370. The minimum Gasteiger partial charge on any atom is -0.325 e. The van der Waals surface area contributed by atoms with Crippen molar-refractivity contribution in [3.8, 4) is 17.1 Å². The molecule has 1 atom stereocenters. The summed E-state index contributed by atoms with van der Waals surface area (Å²) < 4.78 is 3.54. The quantitative estimate of drug-likeness (QED) is 0.311. The van der Waals surface area contributed by atoms with Crippen molar-refractivity contribution in [3.05, 3.63) is 75.7 Å². The molecule has 34 heavy (non-hydrogen) atoms. The van der Waals surface area contributed by atoms with Gasteiger partial charge in [0.1, 0.15) is 5.56 Å². The Morgan fingerprint density at radius 3 is 2.74 bits per heavy atom. The molecule has 0 saturated heterocycles. The second-order valence-electron chi connectivity index (χ2n) is 8.31. The van der Waals surface area contributed by atoms with Gasteiger partial charge >= 0.3 is 0 Å². The molecule has 0 spiro atoms. The molecular formula is C25H24ClN5O2S. The Hall–Kier alpha value is -3.10. The maximum Gasteiger partial charge on any atom is 0.284 e. The smallest absolute Gasteiger partial charge is 0.284 e. The number of carbonyl (C=O) groups is 1. The van der Waals surface area contributed by atoms with Crippen LogP contribution < -0.4 is 10.9 Å². The number of nitrogens with zero attached hydrogens (tertiary/aromatic N) is 4. The molecule has 9 heteroatoms. The molecule has 0 aromatic heterocycles. The van der Waals surface area contributed by atoms with Crippen LogP contribution in [0.4, 0.5) is 5.69 Å². The molecule has 3 heterocycles. The van der Waals surface area contributed by atoms with E-state index in [4.69, 9.17) is 16.6 Å². The summed E-state index contributed by atoms with van der Waals surface area (Å²) in [6, 6.07) is 16.5. The highest BCUT2D eigenvalue weighted by molar-refractivity contribution is 8.00. The van der Waals surface area contributed by atoms with E-state index in [0.29, 0.717) is 32.9 Å². The number of benzene rings is 2. The van der Waals surface area contributed by atoms with Gasteiger partial charge in [-0.25, -0.2) is 4.98 Å². The van der Waals surface area contributed by atoms with E-state index in [1.807, 2.05) is 37.3 Å². The summed E-state index contributed by atoms with van der Waals surface area (Å²) in [7, 11) is 0. The average molecular weight is 494 g/mol. The van der Waals surface area contributed by atoms with Crippen LogP contribution in [0.25, 0.3) is 17.1 Å². The Morgan fingerprint density at radius 1 is 1.12 bits per heavy atom. The third-order valence-electron chi connectivity index (χ3n) is 5.91. The van der Waals surface area contributed by atoms with Crippen molar-refractivity contribution in [1.29, 1.82) is 0 Å². The van der Waals surface area contributed by atoms with Crippen LogP contribution in [0.3, 0.4) is 0 Å². The maximum absolute atomic E-state index is 13.4. The molecular weight excluding hydrogens is 470 g/mol. The third-order valence-corrected chi connectivity index (χ3v) is 7.24. The first-order chi connectivity index (χ1) is 16.5. The fourth-order valence-electron chi connectivity index (χ4n) is 4.21. The maximum atomic E-state index is 13.4. The lowest BCUT2D eigenvalue weighted by atomic mass is 10.1. The number of hydrogen-bond acceptors (Lipinski definition) is 5. The number of amides is 1. The van der Waals surface area contributed by atoms with E-state index in [2.05, 4.69) is 15.0 Å². The topological polar surface area (TPSA) is 81.8 Å². The first-order valence-electron chi connectivity index (χ1n) is 11.3. The molecule has 5 rings (SSSR count). The molecule has 3 aliphatic rings. The molecule has 0 bridgehead atoms. The number of hydrogen-bond donors (Lipinski definition) is 1. The fraction of sp³-hybridized carbons (Fsp3) is 0.280. The molecule has 0 saturated carbocycles. The number of aromatic nitrogens is 4. The largest absolute Gasteiger partial charge is 0.325 e.